The minimum Gasteiger partial charge on any atom is -0.497 e. The fraction of sp³-hybridized carbons (Fsp3) is 0.368. The van der Waals surface area contributed by atoms with Crippen LogP contribution in [0.5, 0.6) is 5.75 Å². The summed E-state index contributed by atoms with van der Waals surface area (Å²) in [4.78, 5) is 11.0. The summed E-state index contributed by atoms with van der Waals surface area (Å²) >= 11 is 3.29. The Bertz CT molecular complexity index is 774. The molecule has 1 saturated heterocycles. The Labute approximate surface area is 160 Å². The average molecular weight is 421 g/mol. The second kappa shape index (κ2) is 8.05. The maximum Gasteiger partial charge on any atom is 0.293 e. The summed E-state index contributed by atoms with van der Waals surface area (Å²) in [6.45, 7) is 1.96. The Balaban J connectivity index is 1.86. The number of nitro benzene ring substituents is 1. The van der Waals surface area contributed by atoms with Crippen molar-refractivity contribution < 1.29 is 14.4 Å². The first-order valence-electron chi connectivity index (χ1n) is 8.44. The molecular weight excluding hydrogens is 400 g/mol. The van der Waals surface area contributed by atoms with Crippen LogP contribution in [0.15, 0.2) is 46.9 Å². The van der Waals surface area contributed by atoms with E-state index in [0.29, 0.717) is 29.9 Å². The lowest BCUT2D eigenvalue weighted by Crippen LogP contribution is -2.40. The van der Waals surface area contributed by atoms with Gasteiger partial charge in [0.2, 0.25) is 0 Å². The van der Waals surface area contributed by atoms with Gasteiger partial charge in [0.05, 0.1) is 12.0 Å². The predicted molar refractivity (Wildman–Crippen MR) is 104 cm³/mol. The molecule has 0 bridgehead atoms. The van der Waals surface area contributed by atoms with Crippen LogP contribution in [-0.4, -0.2) is 31.8 Å². The van der Waals surface area contributed by atoms with Crippen molar-refractivity contribution in [3.63, 3.8) is 0 Å². The van der Waals surface area contributed by atoms with E-state index in [0.717, 1.165) is 18.6 Å². The van der Waals surface area contributed by atoms with Crippen LogP contribution in [0.4, 0.5) is 11.4 Å². The predicted octanol–water partition coefficient (Wildman–Crippen LogP) is 4.53. The van der Waals surface area contributed by atoms with Gasteiger partial charge in [0.15, 0.2) is 0 Å². The summed E-state index contributed by atoms with van der Waals surface area (Å²) in [5, 5.41) is 14.7. The third-order valence-electron chi connectivity index (χ3n) is 4.93. The summed E-state index contributed by atoms with van der Waals surface area (Å²) in [6, 6.07) is 13.1. The van der Waals surface area contributed by atoms with Gasteiger partial charge in [-0.15, -0.1) is 0 Å². The van der Waals surface area contributed by atoms with Crippen molar-refractivity contribution in [2.24, 2.45) is 0 Å². The largest absolute Gasteiger partial charge is 0.497 e. The first-order valence-corrected chi connectivity index (χ1v) is 9.23. The molecule has 0 aromatic heterocycles. The fourth-order valence-corrected chi connectivity index (χ4v) is 3.69. The number of nitro groups is 1. The lowest BCUT2D eigenvalue weighted by Gasteiger charge is -2.38. The average Bonchev–Trinajstić information content (AvgIpc) is 2.67. The van der Waals surface area contributed by atoms with Crippen molar-refractivity contribution in [3.05, 3.63) is 62.6 Å². The number of benzene rings is 2. The lowest BCUT2D eigenvalue weighted by molar-refractivity contribution is -0.384. The Morgan fingerprint density at radius 2 is 1.92 bits per heavy atom. The van der Waals surface area contributed by atoms with Crippen molar-refractivity contribution in [1.29, 1.82) is 0 Å². The van der Waals surface area contributed by atoms with Gasteiger partial charge in [0.1, 0.15) is 11.4 Å². The topological polar surface area (TPSA) is 73.6 Å². The van der Waals surface area contributed by atoms with Crippen LogP contribution in [0.1, 0.15) is 18.4 Å². The highest BCUT2D eigenvalue weighted by atomic mass is 79.9. The number of nitrogens with one attached hydrogen (secondary N) is 1. The molecule has 2 aromatic rings. The van der Waals surface area contributed by atoms with Crippen LogP contribution < -0.4 is 10.1 Å². The zero-order chi connectivity index (χ0) is 18.6. The molecule has 1 heterocycles. The summed E-state index contributed by atoms with van der Waals surface area (Å²) in [5.74, 6) is 0.812. The van der Waals surface area contributed by atoms with Crippen molar-refractivity contribution in [1.82, 2.24) is 0 Å². The molecule has 0 amide bonds. The molecule has 3 rings (SSSR count). The van der Waals surface area contributed by atoms with Crippen LogP contribution in [0.2, 0.25) is 0 Å². The molecule has 0 radical (unpaired) electrons. The maximum atomic E-state index is 11.4. The summed E-state index contributed by atoms with van der Waals surface area (Å²) in [7, 11) is 1.65. The van der Waals surface area contributed by atoms with E-state index in [1.54, 1.807) is 19.2 Å². The highest BCUT2D eigenvalue weighted by Crippen LogP contribution is 2.37. The van der Waals surface area contributed by atoms with Crippen LogP contribution in [0.3, 0.4) is 0 Å². The van der Waals surface area contributed by atoms with E-state index >= 15 is 0 Å². The Morgan fingerprint density at radius 3 is 2.54 bits per heavy atom. The molecule has 138 valence electrons. The third kappa shape index (κ3) is 3.99. The molecule has 26 heavy (non-hydrogen) atoms. The number of rotatable bonds is 6. The second-order valence-corrected chi connectivity index (χ2v) is 7.31. The number of methoxy groups -OCH3 is 1. The van der Waals surface area contributed by atoms with E-state index in [2.05, 4.69) is 33.4 Å². The van der Waals surface area contributed by atoms with E-state index in [4.69, 9.17) is 9.47 Å². The monoisotopic (exact) mass is 420 g/mol. The Kier molecular flexibility index (Phi) is 5.78. The van der Waals surface area contributed by atoms with Gasteiger partial charge < -0.3 is 14.8 Å². The molecule has 1 N–H and O–H groups in total. The SMILES string of the molecule is COc1ccc(C2(CNc3ccc(Br)cc3[N+](=O)[O-])CCOCC2)cc1. The number of ether oxygens (including phenoxy) is 2. The molecule has 0 spiro atoms. The molecule has 1 fully saturated rings. The molecule has 7 heteroatoms. The molecule has 6 nitrogen and oxygen atoms in total. The lowest BCUT2D eigenvalue weighted by atomic mass is 9.74. The number of hydrogen-bond donors (Lipinski definition) is 1. The van der Waals surface area contributed by atoms with Gasteiger partial charge in [-0.1, -0.05) is 28.1 Å². The van der Waals surface area contributed by atoms with Crippen molar-refractivity contribution in [2.75, 3.05) is 32.2 Å². The molecular formula is C19H21BrN2O4. The smallest absolute Gasteiger partial charge is 0.293 e. The van der Waals surface area contributed by atoms with E-state index in [-0.39, 0.29) is 16.0 Å². The number of nitrogens with zero attached hydrogens (tertiary/aromatic N) is 1. The Morgan fingerprint density at radius 1 is 1.23 bits per heavy atom. The van der Waals surface area contributed by atoms with Gasteiger partial charge in [-0.2, -0.15) is 0 Å². The molecule has 1 aliphatic heterocycles. The Hall–Kier alpha value is -2.12. The molecule has 0 saturated carbocycles. The normalized spacial score (nSPS) is 16.1. The fourth-order valence-electron chi connectivity index (χ4n) is 3.34. The van der Waals surface area contributed by atoms with Gasteiger partial charge in [-0.25, -0.2) is 0 Å². The molecule has 2 aromatic carbocycles. The highest BCUT2D eigenvalue weighted by Gasteiger charge is 2.35. The van der Waals surface area contributed by atoms with Crippen LogP contribution >= 0.6 is 15.9 Å². The van der Waals surface area contributed by atoms with Crippen LogP contribution in [0.25, 0.3) is 0 Å². The van der Waals surface area contributed by atoms with Gasteiger partial charge in [0, 0.05) is 35.7 Å². The molecule has 0 unspecified atom stereocenters. The molecule has 0 atom stereocenters. The first-order chi connectivity index (χ1) is 12.5. The minimum atomic E-state index is -0.364. The zero-order valence-electron chi connectivity index (χ0n) is 14.5. The quantitative estimate of drug-likeness (QED) is 0.548. The van der Waals surface area contributed by atoms with Gasteiger partial charge >= 0.3 is 0 Å². The van der Waals surface area contributed by atoms with Gasteiger partial charge in [-0.3, -0.25) is 10.1 Å². The molecule has 1 aliphatic rings. The van der Waals surface area contributed by atoms with E-state index in [1.165, 1.54) is 11.6 Å². The standard InChI is InChI=1S/C19H21BrN2O4/c1-25-16-5-2-14(3-6-16)19(8-10-26-11-9-19)13-21-17-7-4-15(20)12-18(17)22(23)24/h2-7,12,21H,8-11,13H2,1H3. The number of anilines is 1. The second-order valence-electron chi connectivity index (χ2n) is 6.39. The van der Waals surface area contributed by atoms with Gasteiger partial charge in [0.25, 0.3) is 5.69 Å². The maximum absolute atomic E-state index is 11.4. The van der Waals surface area contributed by atoms with Crippen molar-refractivity contribution in [2.45, 2.75) is 18.3 Å². The van der Waals surface area contributed by atoms with E-state index in [1.807, 2.05) is 12.1 Å². The van der Waals surface area contributed by atoms with Gasteiger partial charge in [-0.05, 0) is 42.7 Å². The summed E-state index contributed by atoms with van der Waals surface area (Å²) in [6.07, 6.45) is 1.72. The number of hydrogen-bond acceptors (Lipinski definition) is 5. The van der Waals surface area contributed by atoms with E-state index in [9.17, 15) is 10.1 Å². The summed E-state index contributed by atoms with van der Waals surface area (Å²) < 4.78 is 11.5. The van der Waals surface area contributed by atoms with Crippen LogP contribution in [-0.2, 0) is 10.2 Å². The van der Waals surface area contributed by atoms with Crippen LogP contribution in [0, 0.1) is 10.1 Å². The zero-order valence-corrected chi connectivity index (χ0v) is 16.1. The molecule has 0 aliphatic carbocycles. The number of halogens is 1. The third-order valence-corrected chi connectivity index (χ3v) is 5.42. The first kappa shape index (κ1) is 18.7. The van der Waals surface area contributed by atoms with E-state index < -0.39 is 0 Å². The van der Waals surface area contributed by atoms with Crippen molar-refractivity contribution in [3.8, 4) is 5.75 Å². The highest BCUT2D eigenvalue weighted by molar-refractivity contribution is 9.10. The summed E-state index contributed by atoms with van der Waals surface area (Å²) in [5.41, 5.74) is 1.65. The van der Waals surface area contributed by atoms with Crippen molar-refractivity contribution >= 4 is 27.3 Å². The minimum absolute atomic E-state index is 0.0660.